The highest BCUT2D eigenvalue weighted by molar-refractivity contribution is 6.09. The Kier molecular flexibility index (Phi) is 5.48. The normalized spacial score (nSPS) is 13.2. The molecule has 0 spiro atoms. The summed E-state index contributed by atoms with van der Waals surface area (Å²) in [7, 11) is 0. The molecule has 1 nitrogen and oxygen atoms in total. The van der Waals surface area contributed by atoms with E-state index in [0.717, 1.165) is 5.69 Å². The van der Waals surface area contributed by atoms with Crippen molar-refractivity contribution >= 4 is 21.8 Å². The van der Waals surface area contributed by atoms with Crippen LogP contribution in [0.1, 0.15) is 22.3 Å². The maximum Gasteiger partial charge on any atom is 0.0714 e. The smallest absolute Gasteiger partial charge is 0.0714 e. The van der Waals surface area contributed by atoms with Crippen molar-refractivity contribution in [3.8, 4) is 27.9 Å². The summed E-state index contributed by atoms with van der Waals surface area (Å²) in [5, 5.41) is 2.54. The zero-order chi connectivity index (χ0) is 29.1. The Bertz CT molecular complexity index is 2230. The van der Waals surface area contributed by atoms with Gasteiger partial charge in [-0.05, 0) is 74.8 Å². The van der Waals surface area contributed by atoms with Gasteiger partial charge in [-0.1, -0.05) is 146 Å². The third kappa shape index (κ3) is 3.47. The van der Waals surface area contributed by atoms with E-state index in [1.165, 1.54) is 66.3 Å². The van der Waals surface area contributed by atoms with Crippen molar-refractivity contribution in [2.24, 2.45) is 0 Å². The predicted molar refractivity (Wildman–Crippen MR) is 184 cm³/mol. The van der Waals surface area contributed by atoms with Crippen LogP contribution < -0.4 is 0 Å². The van der Waals surface area contributed by atoms with E-state index < -0.39 is 5.41 Å². The molecule has 1 aliphatic carbocycles. The summed E-state index contributed by atoms with van der Waals surface area (Å²) in [5.74, 6) is 0. The molecular formula is C43H29N. The summed E-state index contributed by atoms with van der Waals surface area (Å²) in [4.78, 5) is 0. The van der Waals surface area contributed by atoms with E-state index in [1.807, 2.05) is 0 Å². The molecule has 0 bridgehead atoms. The SMILES string of the molecule is c1ccc(-c2cc(-n3c4ccccc4c4ccccc43)cc(C3(c4ccccc4)c4ccccc4-c4ccccc43)c2)cc1. The van der Waals surface area contributed by atoms with Gasteiger partial charge in [-0.15, -0.1) is 0 Å². The molecule has 0 aliphatic heterocycles. The second kappa shape index (κ2) is 9.69. The van der Waals surface area contributed by atoms with Gasteiger partial charge >= 0.3 is 0 Å². The third-order valence-corrected chi connectivity index (χ3v) is 9.46. The lowest BCUT2D eigenvalue weighted by molar-refractivity contribution is 0.767. The third-order valence-electron chi connectivity index (χ3n) is 9.46. The molecule has 8 aromatic rings. The Morgan fingerprint density at radius 1 is 0.364 bits per heavy atom. The first-order valence-corrected chi connectivity index (χ1v) is 15.3. The van der Waals surface area contributed by atoms with E-state index in [4.69, 9.17) is 0 Å². The van der Waals surface area contributed by atoms with E-state index in [1.54, 1.807) is 0 Å². The molecule has 9 rings (SSSR count). The Morgan fingerprint density at radius 3 is 1.48 bits per heavy atom. The molecular weight excluding hydrogens is 530 g/mol. The lowest BCUT2D eigenvalue weighted by Crippen LogP contribution is -2.28. The predicted octanol–water partition coefficient (Wildman–Crippen LogP) is 10.8. The molecule has 44 heavy (non-hydrogen) atoms. The van der Waals surface area contributed by atoms with Crippen molar-refractivity contribution in [1.82, 2.24) is 4.57 Å². The minimum absolute atomic E-state index is 0.479. The minimum atomic E-state index is -0.479. The minimum Gasteiger partial charge on any atom is -0.309 e. The second-order valence-corrected chi connectivity index (χ2v) is 11.7. The zero-order valence-electron chi connectivity index (χ0n) is 24.2. The van der Waals surface area contributed by atoms with Crippen molar-refractivity contribution in [2.75, 3.05) is 0 Å². The van der Waals surface area contributed by atoms with Gasteiger partial charge in [-0.2, -0.15) is 0 Å². The monoisotopic (exact) mass is 559 g/mol. The van der Waals surface area contributed by atoms with Crippen molar-refractivity contribution in [3.63, 3.8) is 0 Å². The van der Waals surface area contributed by atoms with Gasteiger partial charge in [0.05, 0.1) is 16.4 Å². The summed E-state index contributed by atoms with van der Waals surface area (Å²) in [6, 6.07) is 64.6. The largest absolute Gasteiger partial charge is 0.309 e. The molecule has 0 N–H and O–H groups in total. The number of hydrogen-bond donors (Lipinski definition) is 0. The first kappa shape index (κ1) is 24.9. The Labute approximate surface area is 257 Å². The lowest BCUT2D eigenvalue weighted by Gasteiger charge is -2.34. The molecule has 0 saturated heterocycles. The standard InChI is InChI=1S/C43H29N/c1-3-15-30(16-4-1)31-27-33(29-34(28-31)44-41-25-13-9-21-37(41)38-22-10-14-26-42(38)44)43(32-17-5-2-6-18-32)39-23-11-7-19-35(39)36-20-8-12-24-40(36)43/h1-29H. The van der Waals surface area contributed by atoms with Crippen LogP contribution >= 0.6 is 0 Å². The van der Waals surface area contributed by atoms with E-state index in [2.05, 4.69) is 180 Å². The van der Waals surface area contributed by atoms with Crippen LogP contribution in [0.2, 0.25) is 0 Å². The number of fused-ring (bicyclic) bond motifs is 6. The maximum absolute atomic E-state index is 2.45. The van der Waals surface area contributed by atoms with Crippen LogP contribution in [0.5, 0.6) is 0 Å². The molecule has 0 radical (unpaired) electrons. The fourth-order valence-corrected chi connectivity index (χ4v) is 7.67. The molecule has 1 heterocycles. The molecule has 1 aliphatic rings. The van der Waals surface area contributed by atoms with Gasteiger partial charge in [-0.25, -0.2) is 0 Å². The van der Waals surface area contributed by atoms with Crippen molar-refractivity contribution in [1.29, 1.82) is 0 Å². The average Bonchev–Trinajstić information content (AvgIpc) is 3.60. The molecule has 7 aromatic carbocycles. The van der Waals surface area contributed by atoms with Crippen LogP contribution in [-0.4, -0.2) is 4.57 Å². The van der Waals surface area contributed by atoms with Gasteiger partial charge in [0.1, 0.15) is 0 Å². The van der Waals surface area contributed by atoms with E-state index in [0.29, 0.717) is 0 Å². The van der Waals surface area contributed by atoms with Gasteiger partial charge in [-0.3, -0.25) is 0 Å². The summed E-state index contributed by atoms with van der Waals surface area (Å²) >= 11 is 0. The quantitative estimate of drug-likeness (QED) is 0.202. The molecule has 206 valence electrons. The zero-order valence-corrected chi connectivity index (χ0v) is 24.2. The van der Waals surface area contributed by atoms with Gasteiger partial charge < -0.3 is 4.57 Å². The molecule has 0 saturated carbocycles. The van der Waals surface area contributed by atoms with Gasteiger partial charge in [0.2, 0.25) is 0 Å². The summed E-state index contributed by atoms with van der Waals surface area (Å²) in [6.45, 7) is 0. The molecule has 0 amide bonds. The Hall–Kier alpha value is -5.66. The van der Waals surface area contributed by atoms with Crippen LogP contribution in [-0.2, 0) is 5.41 Å². The topological polar surface area (TPSA) is 4.93 Å². The number of rotatable bonds is 4. The highest BCUT2D eigenvalue weighted by Gasteiger charge is 2.46. The molecule has 1 heteroatoms. The van der Waals surface area contributed by atoms with Crippen molar-refractivity contribution < 1.29 is 0 Å². The summed E-state index contributed by atoms with van der Waals surface area (Å²) in [6.07, 6.45) is 0. The fourth-order valence-electron chi connectivity index (χ4n) is 7.67. The van der Waals surface area contributed by atoms with E-state index in [9.17, 15) is 0 Å². The lowest BCUT2D eigenvalue weighted by atomic mass is 9.67. The van der Waals surface area contributed by atoms with Crippen LogP contribution in [0.4, 0.5) is 0 Å². The number of hydrogen-bond acceptors (Lipinski definition) is 0. The van der Waals surface area contributed by atoms with E-state index in [-0.39, 0.29) is 0 Å². The first-order valence-electron chi connectivity index (χ1n) is 15.3. The van der Waals surface area contributed by atoms with Gasteiger partial charge in [0, 0.05) is 16.5 Å². The van der Waals surface area contributed by atoms with Crippen LogP contribution in [0.3, 0.4) is 0 Å². The molecule has 0 atom stereocenters. The molecule has 0 unspecified atom stereocenters. The van der Waals surface area contributed by atoms with Crippen LogP contribution in [0.15, 0.2) is 176 Å². The number of nitrogens with zero attached hydrogens (tertiary/aromatic N) is 1. The number of aromatic nitrogens is 1. The number of benzene rings is 7. The molecule has 1 aromatic heterocycles. The van der Waals surface area contributed by atoms with Gasteiger partial charge in [0.15, 0.2) is 0 Å². The fraction of sp³-hybridized carbons (Fsp3) is 0.0233. The second-order valence-electron chi connectivity index (χ2n) is 11.7. The van der Waals surface area contributed by atoms with Crippen molar-refractivity contribution in [2.45, 2.75) is 5.41 Å². The number of para-hydroxylation sites is 2. The summed E-state index contributed by atoms with van der Waals surface area (Å²) in [5.41, 5.74) is 13.3. The first-order chi connectivity index (χ1) is 21.8. The van der Waals surface area contributed by atoms with Crippen LogP contribution in [0.25, 0.3) is 49.7 Å². The Morgan fingerprint density at radius 2 is 0.864 bits per heavy atom. The summed E-state index contributed by atoms with van der Waals surface area (Å²) < 4.78 is 2.45. The highest BCUT2D eigenvalue weighted by atomic mass is 15.0. The maximum atomic E-state index is 2.45. The van der Waals surface area contributed by atoms with Crippen LogP contribution in [0, 0.1) is 0 Å². The van der Waals surface area contributed by atoms with E-state index >= 15 is 0 Å². The molecule has 0 fully saturated rings. The van der Waals surface area contributed by atoms with Gasteiger partial charge in [0.25, 0.3) is 0 Å². The highest BCUT2D eigenvalue weighted by Crippen LogP contribution is 2.56. The Balaban J connectivity index is 1.45. The average molecular weight is 560 g/mol. The van der Waals surface area contributed by atoms with Crippen molar-refractivity contribution in [3.05, 3.63) is 198 Å².